The lowest BCUT2D eigenvalue weighted by molar-refractivity contribution is 0.608. The second-order valence-corrected chi connectivity index (χ2v) is 4.99. The summed E-state index contributed by atoms with van der Waals surface area (Å²) in [5.74, 6) is 0.265. The van der Waals surface area contributed by atoms with Crippen molar-refractivity contribution in [3.63, 3.8) is 0 Å². The van der Waals surface area contributed by atoms with Gasteiger partial charge >= 0.3 is 0 Å². The standard InChI is InChI=1S/C16H21FN4/c1-3-18-16-19-11-14(17)15(21-16)20-12(2)9-10-13-7-5-4-6-8-13/h4-8,11-12H,3,9-10H2,1-2H3,(H2,18,19,20,21). The lowest BCUT2D eigenvalue weighted by atomic mass is 10.1. The van der Waals surface area contributed by atoms with E-state index in [1.807, 2.05) is 32.0 Å². The highest BCUT2D eigenvalue weighted by Gasteiger charge is 2.10. The fourth-order valence-electron chi connectivity index (χ4n) is 2.05. The van der Waals surface area contributed by atoms with Gasteiger partial charge < -0.3 is 10.6 Å². The van der Waals surface area contributed by atoms with Crippen LogP contribution in [0.4, 0.5) is 16.2 Å². The Hall–Kier alpha value is -2.17. The van der Waals surface area contributed by atoms with E-state index in [0.29, 0.717) is 12.5 Å². The molecule has 4 nitrogen and oxygen atoms in total. The first-order valence-corrected chi connectivity index (χ1v) is 7.26. The molecule has 0 aliphatic rings. The first-order chi connectivity index (χ1) is 10.2. The lowest BCUT2D eigenvalue weighted by Gasteiger charge is -2.15. The summed E-state index contributed by atoms with van der Waals surface area (Å²) in [6.07, 6.45) is 3.04. The molecule has 0 fully saturated rings. The summed E-state index contributed by atoms with van der Waals surface area (Å²) >= 11 is 0. The third kappa shape index (κ3) is 4.70. The number of benzene rings is 1. The van der Waals surface area contributed by atoms with E-state index >= 15 is 0 Å². The molecule has 1 heterocycles. The van der Waals surface area contributed by atoms with E-state index in [-0.39, 0.29) is 11.9 Å². The molecular formula is C16H21FN4. The predicted octanol–water partition coefficient (Wildman–Crippen LogP) is 3.48. The van der Waals surface area contributed by atoms with Crippen LogP contribution in [-0.4, -0.2) is 22.6 Å². The average molecular weight is 288 g/mol. The summed E-state index contributed by atoms with van der Waals surface area (Å²) in [7, 11) is 0. The second kappa shape index (κ2) is 7.57. The molecule has 2 rings (SSSR count). The molecule has 0 radical (unpaired) electrons. The minimum absolute atomic E-state index is 0.129. The van der Waals surface area contributed by atoms with E-state index < -0.39 is 5.82 Å². The number of aromatic nitrogens is 2. The van der Waals surface area contributed by atoms with Gasteiger partial charge in [-0.25, -0.2) is 9.37 Å². The molecule has 0 bridgehead atoms. The van der Waals surface area contributed by atoms with Crippen molar-refractivity contribution >= 4 is 11.8 Å². The topological polar surface area (TPSA) is 49.8 Å². The van der Waals surface area contributed by atoms with Crippen LogP contribution in [0.1, 0.15) is 25.8 Å². The summed E-state index contributed by atoms with van der Waals surface area (Å²) in [4.78, 5) is 8.04. The van der Waals surface area contributed by atoms with Gasteiger partial charge in [0.2, 0.25) is 5.95 Å². The summed E-state index contributed by atoms with van der Waals surface area (Å²) in [5, 5.41) is 6.09. The number of hydrogen-bond acceptors (Lipinski definition) is 4. The normalized spacial score (nSPS) is 12.0. The number of rotatable bonds is 7. The molecule has 0 aliphatic heterocycles. The molecular weight excluding hydrogens is 267 g/mol. The number of aryl methyl sites for hydroxylation is 1. The Kier molecular flexibility index (Phi) is 5.49. The van der Waals surface area contributed by atoms with Gasteiger partial charge in [-0.05, 0) is 32.3 Å². The average Bonchev–Trinajstić information content (AvgIpc) is 2.50. The van der Waals surface area contributed by atoms with E-state index in [0.717, 1.165) is 12.8 Å². The largest absolute Gasteiger partial charge is 0.365 e. The Morgan fingerprint density at radius 3 is 2.71 bits per heavy atom. The first kappa shape index (κ1) is 15.2. The zero-order valence-electron chi connectivity index (χ0n) is 12.4. The minimum atomic E-state index is -0.428. The zero-order chi connectivity index (χ0) is 15.1. The van der Waals surface area contributed by atoms with Crippen molar-refractivity contribution in [1.29, 1.82) is 0 Å². The van der Waals surface area contributed by atoms with Crippen LogP contribution in [0.2, 0.25) is 0 Å². The number of hydrogen-bond donors (Lipinski definition) is 2. The fraction of sp³-hybridized carbons (Fsp3) is 0.375. The molecule has 0 saturated heterocycles. The molecule has 1 aromatic heterocycles. The summed E-state index contributed by atoms with van der Waals surface area (Å²) in [6, 6.07) is 10.4. The Balaban J connectivity index is 1.92. The van der Waals surface area contributed by atoms with Crippen LogP contribution in [0.5, 0.6) is 0 Å². The van der Waals surface area contributed by atoms with E-state index in [1.54, 1.807) is 0 Å². The molecule has 1 atom stereocenters. The van der Waals surface area contributed by atoms with Crippen LogP contribution >= 0.6 is 0 Å². The molecule has 5 heteroatoms. The van der Waals surface area contributed by atoms with E-state index in [9.17, 15) is 4.39 Å². The number of nitrogens with one attached hydrogen (secondary N) is 2. The van der Waals surface area contributed by atoms with Crippen molar-refractivity contribution in [1.82, 2.24) is 9.97 Å². The van der Waals surface area contributed by atoms with Crippen molar-refractivity contribution in [3.05, 3.63) is 47.9 Å². The van der Waals surface area contributed by atoms with Crippen molar-refractivity contribution in [2.75, 3.05) is 17.2 Å². The van der Waals surface area contributed by atoms with E-state index in [1.165, 1.54) is 11.8 Å². The Morgan fingerprint density at radius 1 is 1.24 bits per heavy atom. The van der Waals surface area contributed by atoms with Crippen molar-refractivity contribution in [2.45, 2.75) is 32.7 Å². The van der Waals surface area contributed by atoms with Crippen LogP contribution in [0, 0.1) is 5.82 Å². The van der Waals surface area contributed by atoms with Crippen molar-refractivity contribution < 1.29 is 4.39 Å². The highest BCUT2D eigenvalue weighted by Crippen LogP contribution is 2.15. The molecule has 21 heavy (non-hydrogen) atoms. The maximum absolute atomic E-state index is 13.7. The molecule has 1 aromatic carbocycles. The predicted molar refractivity (Wildman–Crippen MR) is 84.0 cm³/mol. The van der Waals surface area contributed by atoms with Gasteiger partial charge in [-0.15, -0.1) is 0 Å². The van der Waals surface area contributed by atoms with Crippen molar-refractivity contribution in [3.8, 4) is 0 Å². The molecule has 2 N–H and O–H groups in total. The number of anilines is 2. The summed E-state index contributed by atoms with van der Waals surface area (Å²) in [5.41, 5.74) is 1.28. The highest BCUT2D eigenvalue weighted by atomic mass is 19.1. The monoisotopic (exact) mass is 288 g/mol. The molecule has 0 spiro atoms. The lowest BCUT2D eigenvalue weighted by Crippen LogP contribution is -2.18. The van der Waals surface area contributed by atoms with Crippen LogP contribution in [0.15, 0.2) is 36.5 Å². The summed E-state index contributed by atoms with van der Waals surface area (Å²) < 4.78 is 13.7. The third-order valence-electron chi connectivity index (χ3n) is 3.17. The highest BCUT2D eigenvalue weighted by molar-refractivity contribution is 5.41. The maximum atomic E-state index is 13.7. The molecule has 1 unspecified atom stereocenters. The van der Waals surface area contributed by atoms with E-state index in [4.69, 9.17) is 0 Å². The van der Waals surface area contributed by atoms with Crippen LogP contribution in [0.3, 0.4) is 0 Å². The first-order valence-electron chi connectivity index (χ1n) is 7.26. The van der Waals surface area contributed by atoms with Crippen LogP contribution < -0.4 is 10.6 Å². The third-order valence-corrected chi connectivity index (χ3v) is 3.17. The molecule has 0 amide bonds. The van der Waals surface area contributed by atoms with Gasteiger partial charge in [-0.2, -0.15) is 4.98 Å². The van der Waals surface area contributed by atoms with Gasteiger partial charge in [0.05, 0.1) is 6.20 Å². The maximum Gasteiger partial charge on any atom is 0.224 e. The molecule has 0 saturated carbocycles. The Labute approximate surface area is 124 Å². The summed E-state index contributed by atoms with van der Waals surface area (Å²) in [6.45, 7) is 4.67. The quantitative estimate of drug-likeness (QED) is 0.819. The number of nitrogens with zero attached hydrogens (tertiary/aromatic N) is 2. The fourth-order valence-corrected chi connectivity index (χ4v) is 2.05. The van der Waals surface area contributed by atoms with Gasteiger partial charge in [0.1, 0.15) is 0 Å². The molecule has 2 aromatic rings. The SMILES string of the molecule is CCNc1ncc(F)c(NC(C)CCc2ccccc2)n1. The molecule has 0 aliphatic carbocycles. The van der Waals surface area contributed by atoms with E-state index in [2.05, 4.69) is 32.7 Å². The van der Waals surface area contributed by atoms with Gasteiger partial charge in [-0.1, -0.05) is 30.3 Å². The van der Waals surface area contributed by atoms with Gasteiger partial charge in [-0.3, -0.25) is 0 Å². The molecule has 112 valence electrons. The minimum Gasteiger partial charge on any atom is -0.365 e. The van der Waals surface area contributed by atoms with Crippen LogP contribution in [-0.2, 0) is 6.42 Å². The zero-order valence-corrected chi connectivity index (χ0v) is 12.4. The number of halogens is 1. The van der Waals surface area contributed by atoms with Crippen LogP contribution in [0.25, 0.3) is 0 Å². The smallest absolute Gasteiger partial charge is 0.224 e. The van der Waals surface area contributed by atoms with Crippen molar-refractivity contribution in [2.24, 2.45) is 0 Å². The Bertz CT molecular complexity index is 559. The second-order valence-electron chi connectivity index (χ2n) is 4.99. The van der Waals surface area contributed by atoms with Gasteiger partial charge in [0, 0.05) is 12.6 Å². The Morgan fingerprint density at radius 2 is 2.00 bits per heavy atom. The van der Waals surface area contributed by atoms with Gasteiger partial charge in [0.15, 0.2) is 11.6 Å². The van der Waals surface area contributed by atoms with Gasteiger partial charge in [0.25, 0.3) is 0 Å².